The van der Waals surface area contributed by atoms with E-state index in [1.807, 2.05) is 49.4 Å². The second-order valence-corrected chi connectivity index (χ2v) is 9.49. The van der Waals surface area contributed by atoms with Crippen LogP contribution in [-0.2, 0) is 15.6 Å². The number of aryl methyl sites for hydroxylation is 1. The quantitative estimate of drug-likeness (QED) is 0.666. The smallest absolute Gasteiger partial charge is 0.237 e. The Kier molecular flexibility index (Phi) is 3.98. The number of nitriles is 2. The fourth-order valence-electron chi connectivity index (χ4n) is 5.78. The van der Waals surface area contributed by atoms with Crippen molar-refractivity contribution >= 4 is 22.5 Å². The van der Waals surface area contributed by atoms with Crippen molar-refractivity contribution in [2.75, 3.05) is 5.32 Å². The molecule has 1 aromatic carbocycles. The van der Waals surface area contributed by atoms with E-state index in [1.165, 1.54) is 0 Å². The van der Waals surface area contributed by atoms with E-state index in [0.717, 1.165) is 23.0 Å². The van der Waals surface area contributed by atoms with Gasteiger partial charge in [-0.15, -0.1) is 0 Å². The molecule has 0 spiro atoms. The maximum atomic E-state index is 14.1. The van der Waals surface area contributed by atoms with Gasteiger partial charge in [0.15, 0.2) is 11.4 Å². The van der Waals surface area contributed by atoms with Crippen molar-refractivity contribution in [2.24, 2.45) is 5.41 Å². The molecule has 2 unspecified atom stereocenters. The first kappa shape index (κ1) is 20.1. The lowest BCUT2D eigenvalue weighted by molar-refractivity contribution is -0.125. The highest BCUT2D eigenvalue weighted by Crippen LogP contribution is 2.70. The van der Waals surface area contributed by atoms with Gasteiger partial charge in [-0.1, -0.05) is 39.0 Å². The van der Waals surface area contributed by atoms with Gasteiger partial charge in [0.25, 0.3) is 0 Å². The van der Waals surface area contributed by atoms with E-state index in [0.29, 0.717) is 23.5 Å². The van der Waals surface area contributed by atoms with E-state index in [2.05, 4.69) is 41.0 Å². The van der Waals surface area contributed by atoms with Crippen LogP contribution in [-0.4, -0.2) is 20.9 Å². The number of nitrogens with zero attached hydrogens (tertiary/aromatic N) is 5. The third-order valence-electron chi connectivity index (χ3n) is 7.96. The zero-order valence-corrected chi connectivity index (χ0v) is 18.4. The fourth-order valence-corrected chi connectivity index (χ4v) is 5.78. The van der Waals surface area contributed by atoms with Gasteiger partial charge >= 0.3 is 0 Å². The van der Waals surface area contributed by atoms with Gasteiger partial charge in [0, 0.05) is 16.5 Å². The highest BCUT2D eigenvalue weighted by molar-refractivity contribution is 6.06. The molecule has 0 radical (unpaired) electrons. The number of nitrogens with one attached hydrogen (secondary N) is 1. The summed E-state index contributed by atoms with van der Waals surface area (Å²) in [4.78, 5) is 27.8. The highest BCUT2D eigenvalue weighted by Gasteiger charge is 2.73. The number of fused-ring (bicyclic) bond motifs is 6. The van der Waals surface area contributed by atoms with Crippen LogP contribution in [0.5, 0.6) is 0 Å². The molecule has 2 atom stereocenters. The van der Waals surface area contributed by atoms with E-state index in [1.54, 1.807) is 0 Å². The SMILES string of the molecule is Cc1cc(NC(=O)C23CCC(C)(c4nc(C#N)c(C#N)nc42)C3(C)C)c2ccccc2n1. The summed E-state index contributed by atoms with van der Waals surface area (Å²) in [5, 5.41) is 23.0. The molecule has 2 heterocycles. The first-order valence-corrected chi connectivity index (χ1v) is 10.6. The Hall–Kier alpha value is -3.84. The molecule has 32 heavy (non-hydrogen) atoms. The zero-order chi connectivity index (χ0) is 22.9. The summed E-state index contributed by atoms with van der Waals surface area (Å²) in [5.41, 5.74) is 1.60. The summed E-state index contributed by atoms with van der Waals surface area (Å²) < 4.78 is 0. The molecule has 0 saturated heterocycles. The van der Waals surface area contributed by atoms with Crippen LogP contribution in [0.4, 0.5) is 5.69 Å². The minimum Gasteiger partial charge on any atom is -0.325 e. The van der Waals surface area contributed by atoms with Gasteiger partial charge in [-0.3, -0.25) is 9.78 Å². The Morgan fingerprint density at radius 2 is 1.66 bits per heavy atom. The lowest BCUT2D eigenvalue weighted by atomic mass is 9.63. The monoisotopic (exact) mass is 422 g/mol. The summed E-state index contributed by atoms with van der Waals surface area (Å²) in [6.45, 7) is 8.12. The van der Waals surface area contributed by atoms with Crippen LogP contribution in [0, 0.1) is 35.0 Å². The molecular formula is C25H22N6O. The predicted octanol–water partition coefficient (Wildman–Crippen LogP) is 4.04. The van der Waals surface area contributed by atoms with Crippen LogP contribution in [0.3, 0.4) is 0 Å². The largest absolute Gasteiger partial charge is 0.325 e. The van der Waals surface area contributed by atoms with Gasteiger partial charge in [0.05, 0.1) is 28.0 Å². The Labute approximate surface area is 186 Å². The molecule has 2 aliphatic rings. The molecule has 1 amide bonds. The number of aromatic nitrogens is 3. The van der Waals surface area contributed by atoms with Crippen LogP contribution in [0.2, 0.25) is 0 Å². The molecule has 5 rings (SSSR count). The van der Waals surface area contributed by atoms with Gasteiger partial charge in [0.1, 0.15) is 12.1 Å². The average Bonchev–Trinajstić information content (AvgIpc) is 3.07. The summed E-state index contributed by atoms with van der Waals surface area (Å²) in [6.07, 6.45) is 1.35. The Bertz CT molecular complexity index is 1410. The summed E-state index contributed by atoms with van der Waals surface area (Å²) >= 11 is 0. The highest BCUT2D eigenvalue weighted by atomic mass is 16.2. The number of para-hydroxylation sites is 1. The lowest BCUT2D eigenvalue weighted by Gasteiger charge is -2.39. The molecular weight excluding hydrogens is 400 g/mol. The molecule has 1 N–H and O–H groups in total. The van der Waals surface area contributed by atoms with Crippen molar-refractivity contribution in [2.45, 2.75) is 51.4 Å². The Morgan fingerprint density at radius 1 is 1.00 bits per heavy atom. The number of anilines is 1. The van der Waals surface area contributed by atoms with Crippen LogP contribution < -0.4 is 5.32 Å². The van der Waals surface area contributed by atoms with Gasteiger partial charge in [-0.2, -0.15) is 10.5 Å². The molecule has 3 aromatic rings. The normalized spacial score (nSPS) is 24.6. The molecule has 2 aromatic heterocycles. The van der Waals surface area contributed by atoms with Crippen LogP contribution in [0.25, 0.3) is 10.9 Å². The third-order valence-corrected chi connectivity index (χ3v) is 7.96. The maximum absolute atomic E-state index is 14.1. The van der Waals surface area contributed by atoms with Crippen molar-refractivity contribution in [1.29, 1.82) is 10.5 Å². The lowest BCUT2D eigenvalue weighted by Crippen LogP contribution is -2.48. The summed E-state index contributed by atoms with van der Waals surface area (Å²) in [5.74, 6) is -0.163. The second-order valence-electron chi connectivity index (χ2n) is 9.49. The van der Waals surface area contributed by atoms with Crippen LogP contribution >= 0.6 is 0 Å². The number of hydrogen-bond acceptors (Lipinski definition) is 6. The number of carbonyl (C=O) groups excluding carboxylic acids is 1. The first-order chi connectivity index (χ1) is 15.2. The summed E-state index contributed by atoms with van der Waals surface area (Å²) in [6, 6.07) is 13.5. The number of amides is 1. The predicted molar refractivity (Wildman–Crippen MR) is 119 cm³/mol. The number of pyridine rings is 1. The van der Waals surface area contributed by atoms with E-state index < -0.39 is 16.2 Å². The summed E-state index contributed by atoms with van der Waals surface area (Å²) in [7, 11) is 0. The van der Waals surface area contributed by atoms with Gasteiger partial charge in [0.2, 0.25) is 5.91 Å². The molecule has 2 aliphatic carbocycles. The molecule has 1 saturated carbocycles. The molecule has 7 heteroatoms. The van der Waals surface area contributed by atoms with Gasteiger partial charge in [-0.25, -0.2) is 9.97 Å². The van der Waals surface area contributed by atoms with E-state index in [-0.39, 0.29) is 17.3 Å². The molecule has 2 bridgehead atoms. The van der Waals surface area contributed by atoms with Crippen LogP contribution in [0.15, 0.2) is 30.3 Å². The first-order valence-electron chi connectivity index (χ1n) is 10.6. The second kappa shape index (κ2) is 6.34. The van der Waals surface area contributed by atoms with Crippen molar-refractivity contribution < 1.29 is 4.79 Å². The third kappa shape index (κ3) is 2.23. The number of hydrogen-bond donors (Lipinski definition) is 1. The van der Waals surface area contributed by atoms with Crippen molar-refractivity contribution in [3.63, 3.8) is 0 Å². The van der Waals surface area contributed by atoms with Crippen LogP contribution in [0.1, 0.15) is 62.1 Å². The number of benzene rings is 1. The zero-order valence-electron chi connectivity index (χ0n) is 18.4. The maximum Gasteiger partial charge on any atom is 0.237 e. The average molecular weight is 422 g/mol. The fraction of sp³-hybridized carbons (Fsp3) is 0.360. The topological polar surface area (TPSA) is 115 Å². The molecule has 7 nitrogen and oxygen atoms in total. The van der Waals surface area contributed by atoms with Crippen molar-refractivity contribution in [3.8, 4) is 12.1 Å². The van der Waals surface area contributed by atoms with E-state index in [4.69, 9.17) is 0 Å². The number of rotatable bonds is 2. The number of carbonyl (C=O) groups is 1. The molecule has 0 aliphatic heterocycles. The molecule has 1 fully saturated rings. The van der Waals surface area contributed by atoms with E-state index >= 15 is 0 Å². The van der Waals surface area contributed by atoms with Gasteiger partial charge < -0.3 is 5.32 Å². The minimum atomic E-state index is -0.956. The van der Waals surface area contributed by atoms with Crippen molar-refractivity contribution in [1.82, 2.24) is 15.0 Å². The van der Waals surface area contributed by atoms with E-state index in [9.17, 15) is 15.3 Å². The van der Waals surface area contributed by atoms with Crippen molar-refractivity contribution in [3.05, 3.63) is 58.8 Å². The molecule has 158 valence electrons. The Morgan fingerprint density at radius 3 is 2.34 bits per heavy atom. The van der Waals surface area contributed by atoms with Gasteiger partial charge in [-0.05, 0) is 37.3 Å². The standard InChI is InChI=1S/C25H22N6O/c1-14-11-17(15-7-5-6-8-16(15)28-14)31-22(32)25-10-9-24(4,23(25,2)3)20-21(25)30-19(13-27)18(12-26)29-20/h5-8,11H,9-10H2,1-4H3,(H,28,31,32). The Balaban J connectivity index is 1.70. The minimum absolute atomic E-state index is 0.0159.